The molecule has 0 radical (unpaired) electrons. The Morgan fingerprint density at radius 3 is 2.29 bits per heavy atom. The van der Waals surface area contributed by atoms with Crippen molar-refractivity contribution >= 4 is 17.7 Å². The van der Waals surface area contributed by atoms with Crippen LogP contribution < -0.4 is 5.32 Å². The number of rotatable bonds is 7. The first kappa shape index (κ1) is 19.1. The smallest absolute Gasteiger partial charge is 0.339 e. The van der Waals surface area contributed by atoms with E-state index in [0.29, 0.717) is 11.3 Å². The van der Waals surface area contributed by atoms with Crippen molar-refractivity contribution in [1.82, 2.24) is 5.32 Å². The fraction of sp³-hybridized carbons (Fsp3) is 0.136. The molecule has 1 N–H and O–H groups in total. The molecule has 28 heavy (non-hydrogen) atoms. The maximum absolute atomic E-state index is 12.7. The van der Waals surface area contributed by atoms with E-state index >= 15 is 0 Å². The number of hydrogen-bond donors (Lipinski definition) is 1. The maximum atomic E-state index is 12.7. The van der Waals surface area contributed by atoms with Gasteiger partial charge in [-0.2, -0.15) is 0 Å². The van der Waals surface area contributed by atoms with Crippen molar-refractivity contribution in [1.29, 1.82) is 0 Å². The van der Waals surface area contributed by atoms with Crippen molar-refractivity contribution < 1.29 is 23.5 Å². The summed E-state index contributed by atoms with van der Waals surface area (Å²) >= 11 is 0. The van der Waals surface area contributed by atoms with Crippen LogP contribution in [0.3, 0.4) is 0 Å². The highest BCUT2D eigenvalue weighted by molar-refractivity contribution is 6.14. The second-order valence-electron chi connectivity index (χ2n) is 6.12. The second kappa shape index (κ2) is 8.81. The number of esters is 1. The molecule has 3 aromatic rings. The number of ether oxygens (including phenoxy) is 1. The average molecular weight is 377 g/mol. The topological polar surface area (TPSA) is 85.6 Å². The molecule has 142 valence electrons. The number of hydrogen-bond acceptors (Lipinski definition) is 5. The highest BCUT2D eigenvalue weighted by Gasteiger charge is 2.20. The lowest BCUT2D eigenvalue weighted by Gasteiger charge is -2.12. The van der Waals surface area contributed by atoms with E-state index < -0.39 is 18.5 Å². The predicted molar refractivity (Wildman–Crippen MR) is 102 cm³/mol. The summed E-state index contributed by atoms with van der Waals surface area (Å²) in [6.07, 6.45) is 1.51. The molecule has 1 heterocycles. The lowest BCUT2D eigenvalue weighted by atomic mass is 9.98. The third kappa shape index (κ3) is 4.54. The Morgan fingerprint density at radius 1 is 0.929 bits per heavy atom. The summed E-state index contributed by atoms with van der Waals surface area (Å²) in [6.45, 7) is 1.30. The number of carbonyl (C=O) groups excluding carboxylic acids is 3. The third-order valence-electron chi connectivity index (χ3n) is 4.11. The highest BCUT2D eigenvalue weighted by Crippen LogP contribution is 2.16. The SMILES string of the molecule is C[C@H](NC(=O)COC(=O)c1ccccc1C(=O)c1ccccc1)c1ccco1. The van der Waals surface area contributed by atoms with E-state index in [-0.39, 0.29) is 23.0 Å². The Balaban J connectivity index is 1.65. The Bertz CT molecular complexity index is 964. The molecule has 0 saturated carbocycles. The lowest BCUT2D eigenvalue weighted by Crippen LogP contribution is -2.31. The van der Waals surface area contributed by atoms with Gasteiger partial charge in [0.25, 0.3) is 5.91 Å². The van der Waals surface area contributed by atoms with Crippen LogP contribution in [0.5, 0.6) is 0 Å². The Hall–Kier alpha value is -3.67. The Labute approximate surface area is 162 Å². The quantitative estimate of drug-likeness (QED) is 0.503. The van der Waals surface area contributed by atoms with Crippen molar-refractivity contribution in [2.75, 3.05) is 6.61 Å². The molecule has 0 saturated heterocycles. The first-order chi connectivity index (χ1) is 13.6. The molecule has 3 rings (SSSR count). The van der Waals surface area contributed by atoms with E-state index in [1.807, 2.05) is 0 Å². The predicted octanol–water partition coefficient (Wildman–Crippen LogP) is 3.54. The van der Waals surface area contributed by atoms with E-state index in [0.717, 1.165) is 0 Å². The molecular weight excluding hydrogens is 358 g/mol. The van der Waals surface area contributed by atoms with Crippen LogP contribution in [0.25, 0.3) is 0 Å². The molecule has 1 aromatic heterocycles. The zero-order valence-corrected chi connectivity index (χ0v) is 15.3. The number of furan rings is 1. The Morgan fingerprint density at radius 2 is 1.61 bits per heavy atom. The van der Waals surface area contributed by atoms with Crippen molar-refractivity contribution in [3.05, 3.63) is 95.4 Å². The number of amides is 1. The van der Waals surface area contributed by atoms with Gasteiger partial charge in [-0.3, -0.25) is 9.59 Å². The van der Waals surface area contributed by atoms with Gasteiger partial charge < -0.3 is 14.5 Å². The molecule has 0 aliphatic rings. The summed E-state index contributed by atoms with van der Waals surface area (Å²) in [7, 11) is 0. The van der Waals surface area contributed by atoms with Gasteiger partial charge in [-0.15, -0.1) is 0 Å². The van der Waals surface area contributed by atoms with Crippen LogP contribution >= 0.6 is 0 Å². The summed E-state index contributed by atoms with van der Waals surface area (Å²) in [4.78, 5) is 37.2. The van der Waals surface area contributed by atoms with E-state index in [1.165, 1.54) is 12.3 Å². The standard InChI is InChI=1S/C22H19NO5/c1-15(19-12-7-13-27-19)23-20(24)14-28-22(26)18-11-6-5-10-17(18)21(25)16-8-3-2-4-9-16/h2-13,15H,14H2,1H3,(H,23,24)/t15-/m0/s1. The lowest BCUT2D eigenvalue weighted by molar-refractivity contribution is -0.125. The van der Waals surface area contributed by atoms with E-state index in [1.54, 1.807) is 67.6 Å². The van der Waals surface area contributed by atoms with Gasteiger partial charge in [-0.25, -0.2) is 4.79 Å². The molecule has 0 bridgehead atoms. The molecular formula is C22H19NO5. The van der Waals surface area contributed by atoms with Crippen LogP contribution in [0.1, 0.15) is 45.0 Å². The minimum absolute atomic E-state index is 0.114. The molecule has 6 heteroatoms. The zero-order chi connectivity index (χ0) is 19.9. The molecule has 0 unspecified atom stereocenters. The van der Waals surface area contributed by atoms with Crippen LogP contribution in [0, 0.1) is 0 Å². The first-order valence-electron chi connectivity index (χ1n) is 8.75. The van der Waals surface area contributed by atoms with Crippen LogP contribution in [0.2, 0.25) is 0 Å². The molecule has 1 atom stereocenters. The highest BCUT2D eigenvalue weighted by atomic mass is 16.5. The zero-order valence-electron chi connectivity index (χ0n) is 15.3. The summed E-state index contributed by atoms with van der Waals surface area (Å²) < 4.78 is 10.3. The normalized spacial score (nSPS) is 11.5. The van der Waals surface area contributed by atoms with Crippen molar-refractivity contribution in [3.8, 4) is 0 Å². The summed E-state index contributed by atoms with van der Waals surface area (Å²) in [5, 5.41) is 2.68. The number of nitrogens with one attached hydrogen (secondary N) is 1. The minimum atomic E-state index is -0.735. The van der Waals surface area contributed by atoms with Crippen molar-refractivity contribution in [2.45, 2.75) is 13.0 Å². The Kier molecular flexibility index (Phi) is 6.01. The summed E-state index contributed by atoms with van der Waals surface area (Å²) in [5.41, 5.74) is 0.805. The van der Waals surface area contributed by atoms with Gasteiger partial charge in [-0.05, 0) is 25.1 Å². The van der Waals surface area contributed by atoms with Gasteiger partial charge in [-0.1, -0.05) is 48.5 Å². The number of carbonyl (C=O) groups is 3. The number of benzene rings is 2. The number of ketones is 1. The van der Waals surface area contributed by atoms with E-state index in [9.17, 15) is 14.4 Å². The molecule has 6 nitrogen and oxygen atoms in total. The van der Waals surface area contributed by atoms with Gasteiger partial charge in [0, 0.05) is 11.1 Å². The fourth-order valence-electron chi connectivity index (χ4n) is 2.70. The average Bonchev–Trinajstić information content (AvgIpc) is 3.27. The minimum Gasteiger partial charge on any atom is -0.467 e. The van der Waals surface area contributed by atoms with Crippen LogP contribution in [-0.2, 0) is 9.53 Å². The molecule has 0 aliphatic heterocycles. The van der Waals surface area contributed by atoms with E-state index in [4.69, 9.17) is 9.15 Å². The summed E-state index contributed by atoms with van der Waals surface area (Å²) in [5.74, 6) is -0.896. The monoisotopic (exact) mass is 377 g/mol. The molecule has 0 spiro atoms. The van der Waals surface area contributed by atoms with Gasteiger partial charge in [0.15, 0.2) is 12.4 Å². The van der Waals surface area contributed by atoms with Crippen molar-refractivity contribution in [2.24, 2.45) is 0 Å². The maximum Gasteiger partial charge on any atom is 0.339 e. The van der Waals surface area contributed by atoms with Gasteiger partial charge in [0.1, 0.15) is 5.76 Å². The molecule has 2 aromatic carbocycles. The van der Waals surface area contributed by atoms with Crippen molar-refractivity contribution in [3.63, 3.8) is 0 Å². The fourth-order valence-corrected chi connectivity index (χ4v) is 2.70. The second-order valence-corrected chi connectivity index (χ2v) is 6.12. The van der Waals surface area contributed by atoms with Crippen LogP contribution in [0.15, 0.2) is 77.4 Å². The first-order valence-corrected chi connectivity index (χ1v) is 8.75. The van der Waals surface area contributed by atoms with Gasteiger partial charge in [0.2, 0.25) is 0 Å². The van der Waals surface area contributed by atoms with Crippen LogP contribution in [0.4, 0.5) is 0 Å². The van der Waals surface area contributed by atoms with Crippen LogP contribution in [-0.4, -0.2) is 24.3 Å². The third-order valence-corrected chi connectivity index (χ3v) is 4.11. The van der Waals surface area contributed by atoms with E-state index in [2.05, 4.69) is 5.32 Å². The summed E-state index contributed by atoms with van der Waals surface area (Å²) in [6, 6.07) is 18.1. The molecule has 1 amide bonds. The largest absolute Gasteiger partial charge is 0.467 e. The van der Waals surface area contributed by atoms with Gasteiger partial charge >= 0.3 is 5.97 Å². The van der Waals surface area contributed by atoms with Gasteiger partial charge in [0.05, 0.1) is 17.9 Å². The molecule has 0 fully saturated rings. The molecule has 0 aliphatic carbocycles.